The fourth-order valence-electron chi connectivity index (χ4n) is 4.26. The van der Waals surface area contributed by atoms with Crippen LogP contribution in [-0.2, 0) is 14.3 Å². The molecule has 2 aromatic carbocycles. The highest BCUT2D eigenvalue weighted by Gasteiger charge is 2.43. The molecule has 8 heteroatoms. The molecule has 0 saturated heterocycles. The summed E-state index contributed by atoms with van der Waals surface area (Å²) in [6, 6.07) is 12.2. The SMILES string of the molecule is CCOC(=O)C1=C(C)NC2=C(C(=O)c3ccccc32)[C@@H]1c1ccc(OCC(=O)O)c(OC)c1. The van der Waals surface area contributed by atoms with Gasteiger partial charge in [0.05, 0.1) is 25.0 Å². The fraction of sp³-hybridized carbons (Fsp3) is 0.240. The first kappa shape index (κ1) is 22.1. The molecule has 1 aliphatic heterocycles. The van der Waals surface area contributed by atoms with Crippen molar-refractivity contribution in [3.8, 4) is 11.5 Å². The van der Waals surface area contributed by atoms with Gasteiger partial charge in [0.2, 0.25) is 0 Å². The Kier molecular flexibility index (Phi) is 5.91. The number of carboxylic acids is 1. The lowest BCUT2D eigenvalue weighted by Crippen LogP contribution is -2.29. The molecule has 0 aromatic heterocycles. The lowest BCUT2D eigenvalue weighted by atomic mass is 9.79. The molecule has 0 saturated carbocycles. The lowest BCUT2D eigenvalue weighted by molar-refractivity contribution is -0.140. The minimum absolute atomic E-state index is 0.169. The predicted octanol–water partition coefficient (Wildman–Crippen LogP) is 3.29. The fourth-order valence-corrected chi connectivity index (χ4v) is 4.26. The summed E-state index contributed by atoms with van der Waals surface area (Å²) < 4.78 is 16.0. The molecule has 2 aliphatic rings. The van der Waals surface area contributed by atoms with Gasteiger partial charge in [-0.15, -0.1) is 0 Å². The van der Waals surface area contributed by atoms with Crippen LogP contribution in [0.2, 0.25) is 0 Å². The van der Waals surface area contributed by atoms with Crippen molar-refractivity contribution < 1.29 is 33.7 Å². The summed E-state index contributed by atoms with van der Waals surface area (Å²) in [7, 11) is 1.43. The minimum atomic E-state index is -1.12. The second kappa shape index (κ2) is 8.82. The number of hydrogen-bond donors (Lipinski definition) is 2. The molecule has 0 amide bonds. The average Bonchev–Trinajstić information content (AvgIpc) is 3.08. The van der Waals surface area contributed by atoms with Crippen molar-refractivity contribution in [2.45, 2.75) is 19.8 Å². The van der Waals surface area contributed by atoms with E-state index in [1.807, 2.05) is 12.1 Å². The molecule has 1 atom stereocenters. The Hall–Kier alpha value is -4.07. The Morgan fingerprint density at radius 3 is 2.48 bits per heavy atom. The number of ketones is 1. The van der Waals surface area contributed by atoms with E-state index in [-0.39, 0.29) is 18.1 Å². The van der Waals surface area contributed by atoms with Crippen molar-refractivity contribution in [2.75, 3.05) is 20.3 Å². The van der Waals surface area contributed by atoms with E-state index in [1.165, 1.54) is 7.11 Å². The number of esters is 1. The molecule has 0 fully saturated rings. The standard InChI is InChI=1S/C25H23NO7/c1-4-32-25(30)20-13(2)26-23-15-7-5-6-8-16(15)24(29)22(23)21(20)14-9-10-17(18(11-14)31-3)33-12-19(27)28/h5-11,21,26H,4,12H2,1-3H3,(H,27,28)/t21-/m1/s1. The highest BCUT2D eigenvalue weighted by molar-refractivity contribution is 6.23. The summed E-state index contributed by atoms with van der Waals surface area (Å²) in [4.78, 5) is 37.3. The number of rotatable bonds is 7. The number of aliphatic carboxylic acids is 1. The van der Waals surface area contributed by atoms with E-state index in [0.717, 1.165) is 5.56 Å². The number of nitrogens with one attached hydrogen (secondary N) is 1. The second-order valence-electron chi connectivity index (χ2n) is 7.57. The van der Waals surface area contributed by atoms with Gasteiger partial charge in [0.1, 0.15) is 0 Å². The number of carbonyl (C=O) groups excluding carboxylic acids is 2. The molecule has 0 bridgehead atoms. The lowest BCUT2D eigenvalue weighted by Gasteiger charge is -2.29. The van der Waals surface area contributed by atoms with Crippen LogP contribution in [0.4, 0.5) is 0 Å². The third-order valence-electron chi connectivity index (χ3n) is 5.62. The number of methoxy groups -OCH3 is 1. The zero-order valence-corrected chi connectivity index (χ0v) is 18.4. The van der Waals surface area contributed by atoms with Crippen LogP contribution in [-0.4, -0.2) is 43.2 Å². The van der Waals surface area contributed by atoms with Crippen LogP contribution in [0.1, 0.15) is 41.3 Å². The summed E-state index contributed by atoms with van der Waals surface area (Å²) >= 11 is 0. The van der Waals surface area contributed by atoms with Crippen molar-refractivity contribution in [1.82, 2.24) is 5.32 Å². The number of fused-ring (bicyclic) bond motifs is 2. The topological polar surface area (TPSA) is 111 Å². The van der Waals surface area contributed by atoms with E-state index in [0.29, 0.717) is 39.4 Å². The zero-order chi connectivity index (χ0) is 23.7. The first-order valence-corrected chi connectivity index (χ1v) is 10.4. The van der Waals surface area contributed by atoms with Gasteiger partial charge in [-0.2, -0.15) is 0 Å². The maximum Gasteiger partial charge on any atom is 0.341 e. The molecule has 0 unspecified atom stereocenters. The van der Waals surface area contributed by atoms with Crippen molar-refractivity contribution in [1.29, 1.82) is 0 Å². The first-order chi connectivity index (χ1) is 15.9. The second-order valence-corrected chi connectivity index (χ2v) is 7.57. The quantitative estimate of drug-likeness (QED) is 0.620. The Balaban J connectivity index is 1.86. The first-order valence-electron chi connectivity index (χ1n) is 10.4. The van der Waals surface area contributed by atoms with Crippen molar-refractivity contribution >= 4 is 23.4 Å². The molecule has 2 aromatic rings. The number of benzene rings is 2. The van der Waals surface area contributed by atoms with Crippen LogP contribution < -0.4 is 14.8 Å². The van der Waals surface area contributed by atoms with E-state index in [1.54, 1.807) is 44.2 Å². The van der Waals surface area contributed by atoms with Gasteiger partial charge in [-0.25, -0.2) is 9.59 Å². The highest BCUT2D eigenvalue weighted by Crippen LogP contribution is 2.47. The Morgan fingerprint density at radius 1 is 1.09 bits per heavy atom. The Bertz CT molecular complexity index is 1230. The van der Waals surface area contributed by atoms with Gasteiger partial charge in [0, 0.05) is 28.3 Å². The molecule has 0 spiro atoms. The normalized spacial score (nSPS) is 16.7. The molecule has 0 radical (unpaired) electrons. The van der Waals surface area contributed by atoms with E-state index in [4.69, 9.17) is 19.3 Å². The number of allylic oxidation sites excluding steroid dienone is 2. The van der Waals surface area contributed by atoms with Crippen LogP contribution in [0.3, 0.4) is 0 Å². The van der Waals surface area contributed by atoms with Gasteiger partial charge in [-0.1, -0.05) is 30.3 Å². The summed E-state index contributed by atoms with van der Waals surface area (Å²) in [6.45, 7) is 3.15. The Labute approximate surface area is 190 Å². The molecular formula is C25H23NO7. The molecule has 1 heterocycles. The van der Waals surface area contributed by atoms with Crippen LogP contribution in [0, 0.1) is 0 Å². The third-order valence-corrected chi connectivity index (χ3v) is 5.62. The van der Waals surface area contributed by atoms with Gasteiger partial charge in [-0.3, -0.25) is 4.79 Å². The van der Waals surface area contributed by atoms with Crippen LogP contribution in [0.5, 0.6) is 11.5 Å². The van der Waals surface area contributed by atoms with Crippen molar-refractivity contribution in [2.24, 2.45) is 0 Å². The average molecular weight is 449 g/mol. The van der Waals surface area contributed by atoms with E-state index < -0.39 is 24.5 Å². The van der Waals surface area contributed by atoms with Crippen molar-refractivity contribution in [3.63, 3.8) is 0 Å². The van der Waals surface area contributed by atoms with E-state index in [2.05, 4.69) is 5.32 Å². The largest absolute Gasteiger partial charge is 0.493 e. The summed E-state index contributed by atoms with van der Waals surface area (Å²) in [5.41, 5.74) is 3.99. The maximum atomic E-state index is 13.5. The van der Waals surface area contributed by atoms with Gasteiger partial charge < -0.3 is 24.6 Å². The number of carboxylic acid groups (broad SMARTS) is 1. The molecule has 8 nitrogen and oxygen atoms in total. The molecule has 33 heavy (non-hydrogen) atoms. The molecular weight excluding hydrogens is 426 g/mol. The van der Waals surface area contributed by atoms with Gasteiger partial charge in [-0.05, 0) is 31.5 Å². The Morgan fingerprint density at radius 2 is 1.82 bits per heavy atom. The molecule has 1 aliphatic carbocycles. The smallest absolute Gasteiger partial charge is 0.341 e. The van der Waals surface area contributed by atoms with E-state index >= 15 is 0 Å². The summed E-state index contributed by atoms with van der Waals surface area (Å²) in [5.74, 6) is -1.98. The van der Waals surface area contributed by atoms with E-state index in [9.17, 15) is 14.4 Å². The van der Waals surface area contributed by atoms with Crippen molar-refractivity contribution in [3.05, 3.63) is 76.0 Å². The maximum absolute atomic E-state index is 13.5. The number of hydrogen-bond acceptors (Lipinski definition) is 7. The third kappa shape index (κ3) is 3.84. The number of carbonyl (C=O) groups is 3. The number of Topliss-reactive ketones (excluding diaryl/α,β-unsaturated/α-hetero) is 1. The zero-order valence-electron chi connectivity index (χ0n) is 18.4. The molecule has 170 valence electrons. The molecule has 4 rings (SSSR count). The number of dihydropyridines is 1. The van der Waals surface area contributed by atoms with Crippen LogP contribution in [0.25, 0.3) is 5.70 Å². The molecule has 2 N–H and O–H groups in total. The van der Waals surface area contributed by atoms with Gasteiger partial charge in [0.15, 0.2) is 23.9 Å². The summed E-state index contributed by atoms with van der Waals surface area (Å²) in [6.07, 6.45) is 0. The predicted molar refractivity (Wildman–Crippen MR) is 119 cm³/mol. The van der Waals surface area contributed by atoms with Crippen LogP contribution in [0.15, 0.2) is 59.3 Å². The monoisotopic (exact) mass is 449 g/mol. The number of ether oxygens (including phenoxy) is 3. The van der Waals surface area contributed by atoms with Crippen LogP contribution >= 0.6 is 0 Å². The van der Waals surface area contributed by atoms with Gasteiger partial charge in [0.25, 0.3) is 0 Å². The summed E-state index contributed by atoms with van der Waals surface area (Å²) in [5, 5.41) is 12.2. The van der Waals surface area contributed by atoms with Gasteiger partial charge >= 0.3 is 11.9 Å². The minimum Gasteiger partial charge on any atom is -0.493 e. The highest BCUT2D eigenvalue weighted by atomic mass is 16.5.